The lowest BCUT2D eigenvalue weighted by atomic mass is 10.1. The van der Waals surface area contributed by atoms with Gasteiger partial charge in [-0.25, -0.2) is 8.78 Å². The van der Waals surface area contributed by atoms with Gasteiger partial charge in [-0.1, -0.05) is 0 Å². The summed E-state index contributed by atoms with van der Waals surface area (Å²) in [5.41, 5.74) is -0.302. The van der Waals surface area contributed by atoms with E-state index in [1.165, 1.54) is 12.1 Å². The Morgan fingerprint density at radius 2 is 2.33 bits per heavy atom. The van der Waals surface area contributed by atoms with E-state index in [2.05, 4.69) is 5.32 Å². The molecule has 1 aliphatic heterocycles. The number of nitrogens with one attached hydrogen (secondary N) is 1. The number of rotatable bonds is 5. The average Bonchev–Trinajstić information content (AvgIpc) is 2.47. The number of anilines is 1. The van der Waals surface area contributed by atoms with Gasteiger partial charge < -0.3 is 15.0 Å². The number of ether oxygens (including phenoxy) is 1. The second-order valence-corrected chi connectivity index (χ2v) is 4.80. The first-order valence-electron chi connectivity index (χ1n) is 6.60. The molecule has 6 nitrogen and oxygen atoms in total. The highest BCUT2D eigenvalue weighted by Crippen LogP contribution is 2.33. The Labute approximate surface area is 120 Å². The number of likely N-dealkylation sites (N-methyl/N-ethyl adjacent to an activating group) is 1. The summed E-state index contributed by atoms with van der Waals surface area (Å²) in [6, 6.07) is 3.59. The van der Waals surface area contributed by atoms with Crippen molar-refractivity contribution in [2.24, 2.45) is 0 Å². The second-order valence-electron chi connectivity index (χ2n) is 4.80. The normalized spacial score (nSPS) is 19.0. The smallest absolute Gasteiger partial charge is 0.270 e. The standard InChI is InChI=1S/C13H17F2N3O3/c1-16-7-10-8-17(4-5-21-10)12-3-2-9(18(19)20)6-11(12)13(14)15/h2-3,6,10,13,16H,4-5,7-8H2,1H3. The highest BCUT2D eigenvalue weighted by Gasteiger charge is 2.26. The van der Waals surface area contributed by atoms with E-state index >= 15 is 0 Å². The van der Waals surface area contributed by atoms with Gasteiger partial charge in [0.2, 0.25) is 0 Å². The summed E-state index contributed by atoms with van der Waals surface area (Å²) in [4.78, 5) is 11.8. The fourth-order valence-corrected chi connectivity index (χ4v) is 2.41. The molecule has 0 radical (unpaired) electrons. The first-order valence-corrected chi connectivity index (χ1v) is 6.60. The molecule has 0 saturated carbocycles. The molecule has 116 valence electrons. The molecule has 1 aromatic rings. The summed E-state index contributed by atoms with van der Waals surface area (Å²) in [6.07, 6.45) is -2.85. The fourth-order valence-electron chi connectivity index (χ4n) is 2.41. The van der Waals surface area contributed by atoms with E-state index in [1.54, 1.807) is 11.9 Å². The third-order valence-electron chi connectivity index (χ3n) is 3.37. The number of non-ortho nitro benzene ring substituents is 1. The van der Waals surface area contributed by atoms with E-state index in [0.29, 0.717) is 31.9 Å². The van der Waals surface area contributed by atoms with Gasteiger partial charge in [-0.2, -0.15) is 0 Å². The third-order valence-corrected chi connectivity index (χ3v) is 3.37. The summed E-state index contributed by atoms with van der Waals surface area (Å²) in [5, 5.41) is 13.7. The first kappa shape index (κ1) is 15.6. The van der Waals surface area contributed by atoms with Gasteiger partial charge in [-0.15, -0.1) is 0 Å². The minimum Gasteiger partial charge on any atom is -0.373 e. The number of hydrogen-bond acceptors (Lipinski definition) is 5. The molecule has 1 atom stereocenters. The van der Waals surface area contributed by atoms with Crippen molar-refractivity contribution in [1.29, 1.82) is 0 Å². The van der Waals surface area contributed by atoms with Crippen LogP contribution in [0, 0.1) is 10.1 Å². The maximum atomic E-state index is 13.2. The van der Waals surface area contributed by atoms with Gasteiger partial charge in [-0.3, -0.25) is 10.1 Å². The predicted molar refractivity (Wildman–Crippen MR) is 73.9 cm³/mol. The molecule has 2 rings (SSSR count). The highest BCUT2D eigenvalue weighted by molar-refractivity contribution is 5.58. The lowest BCUT2D eigenvalue weighted by molar-refractivity contribution is -0.385. The molecule has 1 aliphatic rings. The van der Waals surface area contributed by atoms with E-state index in [9.17, 15) is 18.9 Å². The first-order chi connectivity index (χ1) is 10.0. The molecular weight excluding hydrogens is 284 g/mol. The van der Waals surface area contributed by atoms with Crippen LogP contribution in [0.15, 0.2) is 18.2 Å². The Hall–Kier alpha value is -1.80. The molecular formula is C13H17F2N3O3. The number of nitro groups is 1. The summed E-state index contributed by atoms with van der Waals surface area (Å²) in [6.45, 7) is 2.01. The third kappa shape index (κ3) is 3.64. The van der Waals surface area contributed by atoms with E-state index in [4.69, 9.17) is 4.74 Å². The Morgan fingerprint density at radius 1 is 1.57 bits per heavy atom. The minimum atomic E-state index is -2.76. The zero-order valence-electron chi connectivity index (χ0n) is 11.6. The number of nitro benzene ring substituents is 1. The largest absolute Gasteiger partial charge is 0.373 e. The van der Waals surface area contributed by atoms with Crippen molar-refractivity contribution >= 4 is 11.4 Å². The Bertz CT molecular complexity index is 511. The van der Waals surface area contributed by atoms with Crippen LogP contribution in [0.3, 0.4) is 0 Å². The number of morpholine rings is 1. The maximum absolute atomic E-state index is 13.2. The fraction of sp³-hybridized carbons (Fsp3) is 0.538. The summed E-state index contributed by atoms with van der Waals surface area (Å²) < 4.78 is 31.9. The number of benzene rings is 1. The zero-order valence-corrected chi connectivity index (χ0v) is 11.6. The number of hydrogen-bond donors (Lipinski definition) is 1. The van der Waals surface area contributed by atoms with E-state index in [0.717, 1.165) is 6.07 Å². The second kappa shape index (κ2) is 6.77. The van der Waals surface area contributed by atoms with Gasteiger partial charge in [-0.05, 0) is 13.1 Å². The van der Waals surface area contributed by atoms with Gasteiger partial charge in [0.15, 0.2) is 0 Å². The van der Waals surface area contributed by atoms with Crippen molar-refractivity contribution in [3.05, 3.63) is 33.9 Å². The van der Waals surface area contributed by atoms with Crippen LogP contribution in [0.2, 0.25) is 0 Å². The Kier molecular flexibility index (Phi) is 5.03. The zero-order chi connectivity index (χ0) is 15.4. The van der Waals surface area contributed by atoms with Crippen LogP contribution < -0.4 is 10.2 Å². The van der Waals surface area contributed by atoms with Crippen molar-refractivity contribution in [3.63, 3.8) is 0 Å². The highest BCUT2D eigenvalue weighted by atomic mass is 19.3. The van der Waals surface area contributed by atoms with Crippen molar-refractivity contribution in [3.8, 4) is 0 Å². The number of alkyl halides is 2. The molecule has 0 bridgehead atoms. The molecule has 1 aromatic carbocycles. The molecule has 0 amide bonds. The van der Waals surface area contributed by atoms with Crippen LogP contribution in [0.4, 0.5) is 20.2 Å². The SMILES string of the molecule is CNCC1CN(c2ccc([N+](=O)[O-])cc2C(F)F)CCO1. The van der Waals surface area contributed by atoms with E-state index in [1.807, 2.05) is 0 Å². The number of halogens is 2. The monoisotopic (exact) mass is 301 g/mol. The average molecular weight is 301 g/mol. The van der Waals surface area contributed by atoms with Crippen LogP contribution >= 0.6 is 0 Å². The summed E-state index contributed by atoms with van der Waals surface area (Å²) in [7, 11) is 1.79. The molecule has 0 aromatic heterocycles. The quantitative estimate of drug-likeness (QED) is 0.665. The van der Waals surface area contributed by atoms with Gasteiger partial charge in [0.1, 0.15) is 0 Å². The topological polar surface area (TPSA) is 67.6 Å². The van der Waals surface area contributed by atoms with Crippen LogP contribution in [0.5, 0.6) is 0 Å². The van der Waals surface area contributed by atoms with Crippen molar-refractivity contribution in [1.82, 2.24) is 5.32 Å². The Morgan fingerprint density at radius 3 is 2.95 bits per heavy atom. The number of nitrogens with zero attached hydrogens (tertiary/aromatic N) is 2. The summed E-state index contributed by atoms with van der Waals surface area (Å²) >= 11 is 0. The molecule has 1 fully saturated rings. The molecule has 21 heavy (non-hydrogen) atoms. The van der Waals surface area contributed by atoms with Crippen LogP contribution in [-0.4, -0.2) is 44.3 Å². The van der Waals surface area contributed by atoms with Crippen LogP contribution in [0.1, 0.15) is 12.0 Å². The molecule has 0 aliphatic carbocycles. The molecule has 1 N–H and O–H groups in total. The summed E-state index contributed by atoms with van der Waals surface area (Å²) in [5.74, 6) is 0. The lowest BCUT2D eigenvalue weighted by Gasteiger charge is -2.35. The van der Waals surface area contributed by atoms with Crippen LogP contribution in [0.25, 0.3) is 0 Å². The predicted octanol–water partition coefficient (Wildman–Crippen LogP) is 1.96. The van der Waals surface area contributed by atoms with Gasteiger partial charge >= 0.3 is 0 Å². The van der Waals surface area contributed by atoms with Crippen molar-refractivity contribution < 1.29 is 18.4 Å². The molecule has 1 heterocycles. The van der Waals surface area contributed by atoms with Gasteiger partial charge in [0, 0.05) is 43.0 Å². The lowest BCUT2D eigenvalue weighted by Crippen LogP contribution is -2.46. The van der Waals surface area contributed by atoms with Crippen molar-refractivity contribution in [2.75, 3.05) is 38.2 Å². The maximum Gasteiger partial charge on any atom is 0.270 e. The Balaban J connectivity index is 2.27. The molecule has 8 heteroatoms. The van der Waals surface area contributed by atoms with E-state index < -0.39 is 11.3 Å². The van der Waals surface area contributed by atoms with Gasteiger partial charge in [0.25, 0.3) is 12.1 Å². The molecule has 1 saturated heterocycles. The van der Waals surface area contributed by atoms with Gasteiger partial charge in [0.05, 0.1) is 17.6 Å². The van der Waals surface area contributed by atoms with E-state index in [-0.39, 0.29) is 17.4 Å². The van der Waals surface area contributed by atoms with Crippen LogP contribution in [-0.2, 0) is 4.74 Å². The minimum absolute atomic E-state index is 0.0931. The molecule has 0 spiro atoms. The van der Waals surface area contributed by atoms with Crippen molar-refractivity contribution in [2.45, 2.75) is 12.5 Å². The molecule has 1 unspecified atom stereocenters.